The van der Waals surface area contributed by atoms with Gasteiger partial charge < -0.3 is 20.7 Å². The molecule has 0 bridgehead atoms. The molecule has 0 atom stereocenters. The van der Waals surface area contributed by atoms with Crippen LogP contribution in [0.2, 0.25) is 5.02 Å². The third-order valence-corrected chi connectivity index (χ3v) is 5.95. The van der Waals surface area contributed by atoms with E-state index < -0.39 is 24.3 Å². The molecular weight excluding hydrogens is 581 g/mol. The van der Waals surface area contributed by atoms with Crippen LogP contribution in [0.3, 0.4) is 0 Å². The molecule has 0 aliphatic heterocycles. The molecule has 3 N–H and O–H groups in total. The zero-order valence-corrected chi connectivity index (χ0v) is 26.8. The molecule has 1 fully saturated rings. The number of nitrogens with zero attached hydrogens (tertiary/aromatic N) is 3. The highest BCUT2D eigenvalue weighted by Crippen LogP contribution is 2.48. The Hall–Kier alpha value is -3.60. The van der Waals surface area contributed by atoms with Crippen LogP contribution in [0.25, 0.3) is 0 Å². The highest BCUT2D eigenvalue weighted by molar-refractivity contribution is 6.30. The first-order valence-corrected chi connectivity index (χ1v) is 15.2. The third-order valence-electron chi connectivity index (χ3n) is 5.70. The fraction of sp³-hybridized carbons (Fsp3) is 0.484. The lowest BCUT2D eigenvalue weighted by molar-refractivity contribution is -0.154. The number of aromatic nitrogens is 3. The number of ether oxygens (including phenoxy) is 1. The Balaban J connectivity index is 0.00000145. The molecule has 12 heteroatoms. The predicted molar refractivity (Wildman–Crippen MR) is 168 cm³/mol. The predicted octanol–water partition coefficient (Wildman–Crippen LogP) is 8.92. The molecule has 238 valence electrons. The van der Waals surface area contributed by atoms with Crippen LogP contribution >= 0.6 is 11.6 Å². The fourth-order valence-electron chi connectivity index (χ4n) is 3.59. The first-order valence-electron chi connectivity index (χ1n) is 14.8. The van der Waals surface area contributed by atoms with Crippen molar-refractivity contribution >= 4 is 35.1 Å². The Labute approximate surface area is 258 Å². The van der Waals surface area contributed by atoms with Gasteiger partial charge in [0, 0.05) is 22.8 Å². The first-order chi connectivity index (χ1) is 20.7. The number of nitrogens with one attached hydrogen (secondary N) is 3. The molecule has 8 nitrogen and oxygen atoms in total. The molecule has 4 rings (SSSR count). The molecule has 1 amide bonds. The van der Waals surface area contributed by atoms with Crippen LogP contribution in [-0.4, -0.2) is 40.2 Å². The summed E-state index contributed by atoms with van der Waals surface area (Å²) in [7, 11) is 0. The minimum Gasteiger partial charge on any atom is -0.454 e. The van der Waals surface area contributed by atoms with E-state index >= 15 is 0 Å². The minimum absolute atomic E-state index is 0.0123. The zero-order valence-electron chi connectivity index (χ0n) is 26.0. The summed E-state index contributed by atoms with van der Waals surface area (Å²) in [4.78, 5) is 24.6. The smallest absolute Gasteiger partial charge is 0.422 e. The molecule has 1 aliphatic rings. The average molecular weight is 625 g/mol. The lowest BCUT2D eigenvalue weighted by Gasteiger charge is -2.19. The molecule has 3 aromatic rings. The fourth-order valence-corrected chi connectivity index (χ4v) is 3.71. The van der Waals surface area contributed by atoms with Gasteiger partial charge in [-0.15, -0.1) is 0 Å². The molecule has 1 saturated carbocycles. The minimum atomic E-state index is -4.55. The maximum absolute atomic E-state index is 12.8. The summed E-state index contributed by atoms with van der Waals surface area (Å²) in [5.74, 6) is -0.137. The maximum Gasteiger partial charge on any atom is 0.422 e. The van der Waals surface area contributed by atoms with E-state index in [0.717, 1.165) is 31.2 Å². The second-order valence-electron chi connectivity index (χ2n) is 8.69. The summed E-state index contributed by atoms with van der Waals surface area (Å²) in [5.41, 5.74) is 1.50. The number of anilines is 3. The number of alkyl halides is 3. The monoisotopic (exact) mass is 624 g/mol. The van der Waals surface area contributed by atoms with E-state index in [-0.39, 0.29) is 17.8 Å². The van der Waals surface area contributed by atoms with Gasteiger partial charge in [-0.05, 0) is 61.2 Å². The SMILES string of the molecule is CC.CC.CC.CCCCNC(=O)c1ccc(Nc2nc(NC3(c4ccc(Cl)cc4)CC3)nc(OCC(F)(F)F)n2)cc1. The van der Waals surface area contributed by atoms with Crippen molar-refractivity contribution in [3.63, 3.8) is 0 Å². The Morgan fingerprint density at radius 3 is 2.02 bits per heavy atom. The molecule has 1 aromatic heterocycles. The van der Waals surface area contributed by atoms with Gasteiger partial charge in [0.15, 0.2) is 6.61 Å². The quantitative estimate of drug-likeness (QED) is 0.183. The van der Waals surface area contributed by atoms with Crippen molar-refractivity contribution in [2.75, 3.05) is 23.8 Å². The van der Waals surface area contributed by atoms with Gasteiger partial charge in [-0.1, -0.05) is 78.6 Å². The van der Waals surface area contributed by atoms with Crippen LogP contribution in [0.1, 0.15) is 90.1 Å². The van der Waals surface area contributed by atoms with E-state index in [2.05, 4.69) is 30.9 Å². The second-order valence-corrected chi connectivity index (χ2v) is 9.13. The van der Waals surface area contributed by atoms with E-state index in [4.69, 9.17) is 16.3 Å². The summed E-state index contributed by atoms with van der Waals surface area (Å²) in [6, 6.07) is 13.4. The van der Waals surface area contributed by atoms with Crippen molar-refractivity contribution in [2.45, 2.75) is 85.9 Å². The number of carbonyl (C=O) groups is 1. The van der Waals surface area contributed by atoms with Crippen LogP contribution < -0.4 is 20.7 Å². The Bertz CT molecular complexity index is 1220. The van der Waals surface area contributed by atoms with Gasteiger partial charge in [-0.25, -0.2) is 0 Å². The van der Waals surface area contributed by atoms with Crippen LogP contribution in [0.5, 0.6) is 6.01 Å². The molecular formula is C31H44ClF3N6O2. The Kier molecular flexibility index (Phi) is 16.4. The number of benzene rings is 2. The lowest BCUT2D eigenvalue weighted by Crippen LogP contribution is -2.24. The number of rotatable bonds is 11. The molecule has 1 heterocycles. The van der Waals surface area contributed by atoms with Crippen molar-refractivity contribution in [1.82, 2.24) is 20.3 Å². The maximum atomic E-state index is 12.8. The average Bonchev–Trinajstić information content (AvgIpc) is 3.80. The molecule has 0 spiro atoms. The summed E-state index contributed by atoms with van der Waals surface area (Å²) in [6.45, 7) is 13.1. The lowest BCUT2D eigenvalue weighted by atomic mass is 10.1. The van der Waals surface area contributed by atoms with Gasteiger partial charge in [-0.3, -0.25) is 4.79 Å². The van der Waals surface area contributed by atoms with E-state index in [0.29, 0.717) is 22.8 Å². The number of amides is 1. The van der Waals surface area contributed by atoms with Crippen molar-refractivity contribution in [2.24, 2.45) is 0 Å². The van der Waals surface area contributed by atoms with Crippen molar-refractivity contribution in [1.29, 1.82) is 0 Å². The highest BCUT2D eigenvalue weighted by Gasteiger charge is 2.45. The van der Waals surface area contributed by atoms with Gasteiger partial charge in [0.25, 0.3) is 5.91 Å². The Morgan fingerprint density at radius 1 is 0.907 bits per heavy atom. The van der Waals surface area contributed by atoms with Crippen LogP contribution in [-0.2, 0) is 5.54 Å². The van der Waals surface area contributed by atoms with Crippen molar-refractivity contribution in [3.05, 3.63) is 64.7 Å². The largest absolute Gasteiger partial charge is 0.454 e. The molecule has 2 aromatic carbocycles. The van der Waals surface area contributed by atoms with E-state index in [1.807, 2.05) is 60.6 Å². The standard InChI is InChI=1S/C25H26ClF3N6O2.3C2H6/c1-2-3-14-30-20(36)16-4-10-19(11-5-16)31-21-32-22(34-23(33-21)37-15-25(27,28)29)35-24(12-13-24)17-6-8-18(26)9-7-17;3*1-2/h4-11H,2-3,12-15H2,1H3,(H,30,36)(H2,31,32,33,34,35);3*1-2H3. The van der Waals surface area contributed by atoms with Gasteiger partial charge in [0.2, 0.25) is 11.9 Å². The number of carbonyl (C=O) groups excluding carboxylic acids is 1. The number of unbranched alkanes of at least 4 members (excludes halogenated alkanes) is 1. The number of hydrogen-bond acceptors (Lipinski definition) is 7. The second kappa shape index (κ2) is 18.8. The van der Waals surface area contributed by atoms with Crippen molar-refractivity contribution < 1.29 is 22.7 Å². The van der Waals surface area contributed by atoms with Crippen LogP contribution in [0.4, 0.5) is 30.8 Å². The summed E-state index contributed by atoms with van der Waals surface area (Å²) >= 11 is 6.00. The molecule has 1 aliphatic carbocycles. The summed E-state index contributed by atoms with van der Waals surface area (Å²) in [6.07, 6.45) is -1.13. The third kappa shape index (κ3) is 12.7. The number of halogens is 4. The van der Waals surface area contributed by atoms with Gasteiger partial charge in [0.1, 0.15) is 0 Å². The topological polar surface area (TPSA) is 101 Å². The molecule has 0 radical (unpaired) electrons. The van der Waals surface area contributed by atoms with Gasteiger partial charge in [0.05, 0.1) is 5.54 Å². The molecule has 0 unspecified atom stereocenters. The normalized spacial score (nSPS) is 12.5. The van der Waals surface area contributed by atoms with E-state index in [1.165, 1.54) is 0 Å². The number of hydrogen-bond donors (Lipinski definition) is 3. The molecule has 43 heavy (non-hydrogen) atoms. The zero-order chi connectivity index (χ0) is 32.5. The summed E-state index contributed by atoms with van der Waals surface area (Å²) < 4.78 is 43.1. The molecule has 0 saturated heterocycles. The highest BCUT2D eigenvalue weighted by atomic mass is 35.5. The Morgan fingerprint density at radius 2 is 1.49 bits per heavy atom. The van der Waals surface area contributed by atoms with E-state index in [9.17, 15) is 18.0 Å². The van der Waals surface area contributed by atoms with E-state index in [1.54, 1.807) is 36.4 Å². The van der Waals surface area contributed by atoms with Gasteiger partial charge in [-0.2, -0.15) is 28.1 Å². The van der Waals surface area contributed by atoms with Crippen molar-refractivity contribution in [3.8, 4) is 6.01 Å². The summed E-state index contributed by atoms with van der Waals surface area (Å²) in [5, 5.41) is 9.59. The van der Waals surface area contributed by atoms with Crippen LogP contribution in [0, 0.1) is 0 Å². The van der Waals surface area contributed by atoms with Crippen LogP contribution in [0.15, 0.2) is 48.5 Å². The van der Waals surface area contributed by atoms with Gasteiger partial charge >= 0.3 is 12.2 Å². The first kappa shape index (κ1) is 37.4.